The molecule has 1 aliphatic rings. The van der Waals surface area contributed by atoms with Crippen LogP contribution in [0.4, 0.5) is 21.7 Å². The number of aromatic nitrogens is 3. The minimum atomic E-state index is -1.01. The van der Waals surface area contributed by atoms with E-state index in [9.17, 15) is 24.1 Å². The zero-order chi connectivity index (χ0) is 16.6. The lowest BCUT2D eigenvalue weighted by Crippen LogP contribution is -2.42. The van der Waals surface area contributed by atoms with Gasteiger partial charge in [0.25, 0.3) is 5.91 Å². The number of hydrogen-bond acceptors (Lipinski definition) is 7. The van der Waals surface area contributed by atoms with Gasteiger partial charge in [-0.2, -0.15) is 19.2 Å². The summed E-state index contributed by atoms with van der Waals surface area (Å²) in [5.41, 5.74) is -0.709. The molecule has 2 N–H and O–H groups in total. The van der Waals surface area contributed by atoms with Gasteiger partial charge in [-0.15, -0.1) is 0 Å². The van der Waals surface area contributed by atoms with E-state index in [0.717, 1.165) is 16.8 Å². The fraction of sp³-hybridized carbons (Fsp3) is 0.167. The molecule has 0 radical (unpaired) electrons. The number of rotatable bonds is 3. The summed E-state index contributed by atoms with van der Waals surface area (Å²) in [6.07, 6.45) is 1.01. The minimum Gasteiger partial charge on any atom is -0.342 e. The van der Waals surface area contributed by atoms with E-state index in [-0.39, 0.29) is 18.1 Å². The molecule has 118 valence electrons. The summed E-state index contributed by atoms with van der Waals surface area (Å²) < 4.78 is 14.3. The van der Waals surface area contributed by atoms with Gasteiger partial charge in [0.05, 0.1) is 11.3 Å². The van der Waals surface area contributed by atoms with Crippen molar-refractivity contribution in [2.75, 3.05) is 10.6 Å². The number of nitro groups is 1. The van der Waals surface area contributed by atoms with Crippen molar-refractivity contribution in [1.29, 1.82) is 0 Å². The maximum Gasteiger partial charge on any atom is 0.306 e. The highest BCUT2D eigenvalue weighted by Gasteiger charge is 2.31. The quantitative estimate of drug-likeness (QED) is 0.631. The summed E-state index contributed by atoms with van der Waals surface area (Å²) in [4.78, 5) is 37.6. The molecule has 0 saturated heterocycles. The first-order valence-electron chi connectivity index (χ1n) is 6.40. The molecule has 3 rings (SSSR count). The maximum atomic E-state index is 13.3. The number of fused-ring (bicyclic) bond motifs is 1. The molecule has 0 saturated carbocycles. The number of carbonyl (C=O) groups excluding carboxylic acids is 2. The highest BCUT2D eigenvalue weighted by molar-refractivity contribution is 6.01. The van der Waals surface area contributed by atoms with Crippen molar-refractivity contribution < 1.29 is 18.9 Å². The van der Waals surface area contributed by atoms with Gasteiger partial charge in [0.1, 0.15) is 12.4 Å². The van der Waals surface area contributed by atoms with E-state index in [1.807, 2.05) is 0 Å². The highest BCUT2D eigenvalue weighted by atomic mass is 19.1. The topological polar surface area (TPSA) is 132 Å². The number of amides is 1. The van der Waals surface area contributed by atoms with E-state index in [0.29, 0.717) is 0 Å². The second kappa shape index (κ2) is 5.44. The van der Waals surface area contributed by atoms with Crippen LogP contribution in [0.15, 0.2) is 24.5 Å². The van der Waals surface area contributed by atoms with Crippen LogP contribution in [0.25, 0.3) is 0 Å². The lowest BCUT2D eigenvalue weighted by Gasteiger charge is -2.22. The zero-order valence-corrected chi connectivity index (χ0v) is 11.4. The van der Waals surface area contributed by atoms with Gasteiger partial charge in [0, 0.05) is 11.8 Å². The Labute approximate surface area is 127 Å². The van der Waals surface area contributed by atoms with Crippen LogP contribution in [0.2, 0.25) is 0 Å². The second-order valence-corrected chi connectivity index (χ2v) is 4.70. The summed E-state index contributed by atoms with van der Waals surface area (Å²) in [5, 5.41) is 19.5. The molecule has 1 atom stereocenters. The van der Waals surface area contributed by atoms with Crippen LogP contribution in [0.5, 0.6) is 0 Å². The van der Waals surface area contributed by atoms with Crippen LogP contribution in [-0.2, 0) is 4.79 Å². The first-order chi connectivity index (χ1) is 11.0. The second-order valence-electron chi connectivity index (χ2n) is 4.70. The van der Waals surface area contributed by atoms with E-state index in [1.165, 1.54) is 12.4 Å². The molecule has 2 heterocycles. The fourth-order valence-corrected chi connectivity index (χ4v) is 2.11. The van der Waals surface area contributed by atoms with Crippen molar-refractivity contribution in [1.82, 2.24) is 14.8 Å². The molecule has 1 aromatic heterocycles. The molecule has 0 aliphatic carbocycles. The smallest absolute Gasteiger partial charge is 0.306 e. The molecule has 1 amide bonds. The molecule has 1 aliphatic heterocycles. The Kier molecular flexibility index (Phi) is 3.44. The molecule has 10 nitrogen and oxygen atoms in total. The minimum absolute atomic E-state index is 0.0457. The Hall–Kier alpha value is -3.37. The SMILES string of the molecule is O=C(Nc1ccc(F)c([N+](=O)[O-])c1)[C@@H]1CC(=O)n2ncnc2N1. The number of carbonyl (C=O) groups is 2. The van der Waals surface area contributed by atoms with Crippen LogP contribution < -0.4 is 10.6 Å². The van der Waals surface area contributed by atoms with Gasteiger partial charge in [-0.05, 0) is 12.1 Å². The lowest BCUT2D eigenvalue weighted by molar-refractivity contribution is -0.387. The van der Waals surface area contributed by atoms with Crippen molar-refractivity contribution in [2.45, 2.75) is 12.5 Å². The van der Waals surface area contributed by atoms with Gasteiger partial charge in [-0.1, -0.05) is 0 Å². The van der Waals surface area contributed by atoms with E-state index in [2.05, 4.69) is 20.7 Å². The Balaban J connectivity index is 1.77. The summed E-state index contributed by atoms with van der Waals surface area (Å²) >= 11 is 0. The van der Waals surface area contributed by atoms with Crippen molar-refractivity contribution in [3.63, 3.8) is 0 Å². The Morgan fingerprint density at radius 1 is 1.52 bits per heavy atom. The highest BCUT2D eigenvalue weighted by Crippen LogP contribution is 2.22. The first-order valence-corrected chi connectivity index (χ1v) is 6.40. The van der Waals surface area contributed by atoms with Gasteiger partial charge in [-0.25, -0.2) is 0 Å². The molecule has 2 aromatic rings. The fourth-order valence-electron chi connectivity index (χ4n) is 2.11. The molecular formula is C12H9FN6O4. The van der Waals surface area contributed by atoms with Crippen LogP contribution in [0, 0.1) is 15.9 Å². The van der Waals surface area contributed by atoms with Crippen molar-refractivity contribution >= 4 is 29.1 Å². The molecule has 0 unspecified atom stereocenters. The van der Waals surface area contributed by atoms with Crippen molar-refractivity contribution in [3.8, 4) is 0 Å². The average Bonchev–Trinajstić information content (AvgIpc) is 2.98. The summed E-state index contributed by atoms with van der Waals surface area (Å²) in [6.45, 7) is 0. The van der Waals surface area contributed by atoms with Gasteiger partial charge in [0.2, 0.25) is 17.7 Å². The van der Waals surface area contributed by atoms with Crippen molar-refractivity contribution in [2.24, 2.45) is 0 Å². The zero-order valence-electron chi connectivity index (χ0n) is 11.4. The first kappa shape index (κ1) is 14.6. The normalized spacial score (nSPS) is 16.4. The molecule has 0 fully saturated rings. The third-order valence-electron chi connectivity index (χ3n) is 3.19. The summed E-state index contributed by atoms with van der Waals surface area (Å²) in [7, 11) is 0. The van der Waals surface area contributed by atoms with E-state index >= 15 is 0 Å². The Morgan fingerprint density at radius 3 is 3.04 bits per heavy atom. The van der Waals surface area contributed by atoms with Crippen LogP contribution in [0.3, 0.4) is 0 Å². The number of hydrogen-bond donors (Lipinski definition) is 2. The van der Waals surface area contributed by atoms with Gasteiger partial charge in [0.15, 0.2) is 0 Å². The number of anilines is 2. The largest absolute Gasteiger partial charge is 0.342 e. The van der Waals surface area contributed by atoms with Crippen LogP contribution in [0.1, 0.15) is 11.2 Å². The molecule has 0 spiro atoms. The summed E-state index contributed by atoms with van der Waals surface area (Å²) in [5.74, 6) is -1.89. The predicted octanol–water partition coefficient (Wildman–Crippen LogP) is 0.788. The van der Waals surface area contributed by atoms with Crippen LogP contribution >= 0.6 is 0 Å². The number of nitrogens with zero attached hydrogens (tertiary/aromatic N) is 4. The monoisotopic (exact) mass is 320 g/mol. The summed E-state index contributed by atoms with van der Waals surface area (Å²) in [6, 6.07) is 2.06. The Bertz CT molecular complexity index is 820. The number of halogens is 1. The average molecular weight is 320 g/mol. The van der Waals surface area contributed by atoms with Gasteiger partial charge in [-0.3, -0.25) is 19.7 Å². The molecule has 1 aromatic carbocycles. The third-order valence-corrected chi connectivity index (χ3v) is 3.19. The van der Waals surface area contributed by atoms with E-state index in [1.54, 1.807) is 0 Å². The van der Waals surface area contributed by atoms with Crippen LogP contribution in [-0.4, -0.2) is 37.5 Å². The molecule has 0 bridgehead atoms. The Morgan fingerprint density at radius 2 is 2.30 bits per heavy atom. The lowest BCUT2D eigenvalue weighted by atomic mass is 10.1. The molecule has 11 heteroatoms. The molecular weight excluding hydrogens is 311 g/mol. The van der Waals surface area contributed by atoms with E-state index < -0.39 is 34.3 Å². The number of nitrogens with one attached hydrogen (secondary N) is 2. The van der Waals surface area contributed by atoms with Crippen molar-refractivity contribution in [3.05, 3.63) is 40.5 Å². The third kappa shape index (κ3) is 2.71. The number of nitro benzene ring substituents is 1. The maximum absolute atomic E-state index is 13.3. The molecule has 23 heavy (non-hydrogen) atoms. The van der Waals surface area contributed by atoms with E-state index in [4.69, 9.17) is 0 Å². The predicted molar refractivity (Wildman–Crippen MR) is 74.4 cm³/mol. The van der Waals surface area contributed by atoms with Gasteiger partial charge < -0.3 is 10.6 Å². The standard InChI is InChI=1S/C12H9FN6O4/c13-7-2-1-6(3-9(7)19(22)23)16-11(21)8-4-10(20)18-12(17-8)14-5-15-18/h1-3,5,8H,4H2,(H,16,21)(H,14,15,17)/t8-/m0/s1. The van der Waals surface area contributed by atoms with Gasteiger partial charge >= 0.3 is 5.69 Å². The number of benzene rings is 1.